The summed E-state index contributed by atoms with van der Waals surface area (Å²) >= 11 is 0. The predicted molar refractivity (Wildman–Crippen MR) is 376 cm³/mol. The first-order chi connectivity index (χ1) is 45.4. The van der Waals surface area contributed by atoms with Crippen LogP contribution in [0.5, 0.6) is 0 Å². The SMILES string of the molecule is C[C@@]12[C@@H]3CC4=C5C[C@@]67C=CC[C@]89CC#CC[C@H](C%10=c%11ccccc%11=C[C@@H](C%10=C6)[C@]4(CC[C@@H]8O)C79)c4cccc(c4)C4=CC=C(NCCC[C@@H](C6CCCCC6)/C(=C/O)CC[C@@H](C(=O)O)[C@H]1[C@H](O)C[C@@]52[C@]12CC[C@@]5(C[C@@H](CSSC[C@H]1C3)[C@H](Cc1ccccc1)C5)C2)NC4. The highest BCUT2D eigenvalue weighted by molar-refractivity contribution is 8.76. The van der Waals surface area contributed by atoms with Gasteiger partial charge in [-0.3, -0.25) is 4.79 Å². The number of aliphatic hydroxyl groups excluding tert-OH is 3. The number of carboxylic acids is 1. The van der Waals surface area contributed by atoms with Crippen molar-refractivity contribution in [2.45, 2.75) is 179 Å². The molecule has 7 fully saturated rings. The normalized spacial score (nSPS) is 43.8. The summed E-state index contributed by atoms with van der Waals surface area (Å²) in [5, 5.41) is 61.7. The molecule has 3 aromatic rings. The lowest BCUT2D eigenvalue weighted by Gasteiger charge is -2.77. The van der Waals surface area contributed by atoms with Gasteiger partial charge in [0.25, 0.3) is 0 Å². The summed E-state index contributed by atoms with van der Waals surface area (Å²) in [5.41, 5.74) is 10.4. The van der Waals surface area contributed by atoms with Gasteiger partial charge in [0.1, 0.15) is 0 Å². The number of hydrogen-bond donors (Lipinski definition) is 6. The second-order valence-electron chi connectivity index (χ2n) is 33.5. The molecule has 6 N–H and O–H groups in total. The fourth-order valence-corrected chi connectivity index (χ4v) is 30.1. The quantitative estimate of drug-likeness (QED) is 0.0656. The Morgan fingerprint density at radius 1 is 0.828 bits per heavy atom. The molecule has 7 nitrogen and oxygen atoms in total. The van der Waals surface area contributed by atoms with Crippen LogP contribution in [0.1, 0.15) is 177 Å². The average molecular weight is 1280 g/mol. The van der Waals surface area contributed by atoms with Gasteiger partial charge in [-0.15, -0.1) is 11.8 Å². The van der Waals surface area contributed by atoms with E-state index in [9.17, 15) is 20.4 Å². The highest BCUT2D eigenvalue weighted by atomic mass is 33.1. The molecule has 12 aliphatic carbocycles. The van der Waals surface area contributed by atoms with Gasteiger partial charge in [-0.25, -0.2) is 0 Å². The van der Waals surface area contributed by atoms with Gasteiger partial charge in [0.15, 0.2) is 0 Å². The Bertz CT molecular complexity index is 3960. The third-order valence-corrected chi connectivity index (χ3v) is 32.8. The Morgan fingerprint density at radius 3 is 2.54 bits per heavy atom. The van der Waals surface area contributed by atoms with E-state index in [0.717, 1.165) is 107 Å². The zero-order chi connectivity index (χ0) is 62.7. The van der Waals surface area contributed by atoms with Crippen LogP contribution in [0, 0.1) is 109 Å². The number of nitrogens with one attached hydrogen (secondary N) is 2. The maximum absolute atomic E-state index is 15.1. The van der Waals surface area contributed by atoms with Gasteiger partial charge in [0.2, 0.25) is 0 Å². The highest BCUT2D eigenvalue weighted by Gasteiger charge is 2.83. The Hall–Kier alpha value is -5.11. The van der Waals surface area contributed by atoms with Gasteiger partial charge in [0, 0.05) is 76.9 Å². The van der Waals surface area contributed by atoms with Crippen molar-refractivity contribution in [2.24, 2.45) is 97.1 Å². The lowest BCUT2D eigenvalue weighted by molar-refractivity contribution is -0.206. The second kappa shape index (κ2) is 22.5. The minimum absolute atomic E-state index is 0.00537. The van der Waals surface area contributed by atoms with Crippen LogP contribution in [0.25, 0.3) is 17.2 Å². The fraction of sp³-hybridized carbons (Fsp3) is 0.583. The van der Waals surface area contributed by atoms with Crippen molar-refractivity contribution in [1.29, 1.82) is 0 Å². The molecule has 19 atom stereocenters. The lowest BCUT2D eigenvalue weighted by Crippen LogP contribution is -2.71. The molecular weight excluding hydrogens is 1180 g/mol. The molecule has 1 saturated heterocycles. The molecular formula is C84H98N2O5S2. The molecule has 3 aromatic carbocycles. The molecule has 22 rings (SSSR count). The van der Waals surface area contributed by atoms with Gasteiger partial charge in [-0.1, -0.05) is 168 Å². The van der Waals surface area contributed by atoms with Crippen LogP contribution in [0.4, 0.5) is 0 Å². The fourth-order valence-electron chi connectivity index (χ4n) is 27.1. The number of aliphatic hydroxyl groups is 3. The third kappa shape index (κ3) is 8.66. The summed E-state index contributed by atoms with van der Waals surface area (Å²) in [6.45, 7) is 4.15. The second-order valence-corrected chi connectivity index (χ2v) is 36.0. The van der Waals surface area contributed by atoms with Gasteiger partial charge < -0.3 is 31.1 Å². The molecule has 93 heavy (non-hydrogen) atoms. The zero-order valence-electron chi connectivity index (χ0n) is 54.9. The Kier molecular flexibility index (Phi) is 14.6. The zero-order valence-corrected chi connectivity index (χ0v) is 56.5. The number of hydrogen-bond acceptors (Lipinski definition) is 8. The van der Waals surface area contributed by atoms with Gasteiger partial charge in [0.05, 0.1) is 30.2 Å². The predicted octanol–water partition coefficient (Wildman–Crippen LogP) is 15.7. The van der Waals surface area contributed by atoms with E-state index in [4.69, 9.17) is 0 Å². The molecule has 486 valence electrons. The van der Waals surface area contributed by atoms with E-state index in [-0.39, 0.29) is 45.8 Å². The standard InChI is InChI=1S/C84H98N2O5S2/c1-78-61-40-62-50-93-92-49-60-43-79(42-59(60)37-52-15-4-2-5-16-52)34-35-82(62,51-79)84(78)46-71(88)75(78)66(76(90)91)27-25-58(48-87)63(53-17-6-3-7-18-53)24-13-36-85-73-28-26-57(47-86-73)54-20-12-21-55(38-54)64-23-10-11-31-81-32-14-30-80-44-67-68(39-56-19-8-9-22-65(56)74(64)67)83(77(80)81,33-29-72(81)89)69(41-61)70(84)45-80/h2,4-5,8-9,12,14-16,19-22,26,28,30,38-39,44,48,53,59-64,66,68,71-72,75,77,85-89H,3,6-7,13,17-18,23-25,27,29,31-37,40-43,45-47,49-51H2,1H3,(H,90,91)/b58-48+/t59-,60+,61+,62-,63+,64+,66-,68+,71-,72+,75+,77?,78-,79-,80-,81-,82+,83+,84-/m1/s1. The summed E-state index contributed by atoms with van der Waals surface area (Å²) < 4.78 is 0. The van der Waals surface area contributed by atoms with Crippen LogP contribution < -0.4 is 21.1 Å². The maximum atomic E-state index is 15.1. The third-order valence-electron chi connectivity index (χ3n) is 30.2. The smallest absolute Gasteiger partial charge is 0.306 e. The van der Waals surface area contributed by atoms with Crippen LogP contribution in [0.3, 0.4) is 0 Å². The topological polar surface area (TPSA) is 122 Å². The summed E-state index contributed by atoms with van der Waals surface area (Å²) in [6, 6.07) is 30.2. The number of aliphatic carboxylic acids is 1. The van der Waals surface area contributed by atoms with E-state index in [1.54, 1.807) is 11.1 Å². The molecule has 21 bridgehead atoms. The first-order valence-electron chi connectivity index (χ1n) is 37.0. The van der Waals surface area contributed by atoms with E-state index in [0.29, 0.717) is 55.8 Å². The lowest BCUT2D eigenvalue weighted by atomic mass is 9.26. The van der Waals surface area contributed by atoms with Crippen molar-refractivity contribution >= 4 is 44.8 Å². The molecule has 19 aliphatic rings. The van der Waals surface area contributed by atoms with Crippen molar-refractivity contribution in [3.05, 3.63) is 171 Å². The number of benzene rings is 3. The molecule has 0 amide bonds. The van der Waals surface area contributed by atoms with Crippen LogP contribution in [0.15, 0.2) is 144 Å². The average Bonchev–Trinajstić information content (AvgIpc) is 1.62. The van der Waals surface area contributed by atoms with E-state index >= 15 is 4.79 Å². The van der Waals surface area contributed by atoms with Crippen molar-refractivity contribution in [3.63, 3.8) is 0 Å². The van der Waals surface area contributed by atoms with Crippen LogP contribution in [-0.2, 0) is 11.2 Å². The molecule has 4 spiro atoms. The van der Waals surface area contributed by atoms with Gasteiger partial charge in [-0.2, -0.15) is 0 Å². The summed E-state index contributed by atoms with van der Waals surface area (Å²) in [6.07, 6.45) is 38.7. The number of allylic oxidation sites excluding steroid dienone is 9. The van der Waals surface area contributed by atoms with Crippen molar-refractivity contribution in [3.8, 4) is 11.8 Å². The van der Waals surface area contributed by atoms with Crippen molar-refractivity contribution < 1.29 is 25.2 Å². The number of fused-ring (bicyclic) bond motifs is 2. The Morgan fingerprint density at radius 2 is 1.69 bits per heavy atom. The number of rotatable bonds is 4. The highest BCUT2D eigenvalue weighted by Crippen LogP contribution is 2.89. The van der Waals surface area contributed by atoms with Crippen LogP contribution in [-0.4, -0.2) is 63.2 Å². The Balaban J connectivity index is 0.880. The van der Waals surface area contributed by atoms with Gasteiger partial charge >= 0.3 is 5.97 Å². The van der Waals surface area contributed by atoms with E-state index in [1.807, 2.05) is 0 Å². The summed E-state index contributed by atoms with van der Waals surface area (Å²) in [7, 11) is 4.33. The van der Waals surface area contributed by atoms with Crippen LogP contribution >= 0.6 is 21.6 Å². The monoisotopic (exact) mass is 1280 g/mol. The minimum atomic E-state index is -0.797. The first kappa shape index (κ1) is 60.3. The number of dihydropyridines is 1. The van der Waals surface area contributed by atoms with Crippen LogP contribution in [0.2, 0.25) is 0 Å². The molecule has 7 heterocycles. The largest absolute Gasteiger partial charge is 0.516 e. The minimum Gasteiger partial charge on any atom is -0.516 e. The van der Waals surface area contributed by atoms with Gasteiger partial charge in [-0.05, 0) is 235 Å². The first-order valence-corrected chi connectivity index (χ1v) is 39.5. The van der Waals surface area contributed by atoms with E-state index in [2.05, 4.69) is 166 Å². The Labute approximate surface area is 560 Å². The van der Waals surface area contributed by atoms with Crippen molar-refractivity contribution in [2.75, 3.05) is 24.6 Å². The summed E-state index contributed by atoms with van der Waals surface area (Å²) in [5.74, 6) is 11.9. The molecule has 0 aromatic heterocycles. The van der Waals surface area contributed by atoms with E-state index < -0.39 is 51.7 Å². The molecule has 7 aliphatic heterocycles. The van der Waals surface area contributed by atoms with Crippen molar-refractivity contribution in [1.82, 2.24) is 10.6 Å². The molecule has 0 radical (unpaired) electrons. The summed E-state index contributed by atoms with van der Waals surface area (Å²) in [4.78, 5) is 15.1. The number of carboxylic acid groups (broad SMARTS) is 1. The molecule has 6 saturated carbocycles. The van der Waals surface area contributed by atoms with E-state index in [1.165, 1.54) is 101 Å². The molecule has 9 heteroatoms. The molecule has 1 unspecified atom stereocenters. The maximum Gasteiger partial charge on any atom is 0.306 e. The number of carbonyl (C=O) groups is 1.